The van der Waals surface area contributed by atoms with Crippen molar-refractivity contribution in [1.29, 1.82) is 0 Å². The van der Waals surface area contributed by atoms with Crippen molar-refractivity contribution in [3.05, 3.63) is 35.4 Å². The molecule has 0 aliphatic heterocycles. The molecule has 1 fully saturated rings. The maximum Gasteiger partial charge on any atom is 0.335 e. The van der Waals surface area contributed by atoms with E-state index < -0.39 is 5.97 Å². The Bertz CT molecular complexity index is 516. The normalized spacial score (nSPS) is 21.2. The van der Waals surface area contributed by atoms with Gasteiger partial charge in [-0.05, 0) is 49.4 Å². The first-order valence-corrected chi connectivity index (χ1v) is 7.42. The van der Waals surface area contributed by atoms with Crippen LogP contribution in [-0.2, 0) is 11.2 Å². The molecule has 0 radical (unpaired) electrons. The van der Waals surface area contributed by atoms with E-state index in [0.717, 1.165) is 24.8 Å². The van der Waals surface area contributed by atoms with E-state index in [4.69, 9.17) is 10.8 Å². The van der Waals surface area contributed by atoms with Crippen LogP contribution in [0, 0.1) is 11.8 Å². The highest BCUT2D eigenvalue weighted by atomic mass is 16.4. The van der Waals surface area contributed by atoms with Gasteiger partial charge in [-0.2, -0.15) is 0 Å². The van der Waals surface area contributed by atoms with Crippen LogP contribution in [0.3, 0.4) is 0 Å². The number of nitrogens with two attached hydrogens (primary N) is 1. The number of carbonyl (C=O) groups is 2. The number of rotatable bonds is 6. The molecular weight excluding hydrogens is 268 g/mol. The SMILES string of the molecule is NCC1CCCC1C(=O)NCCc1cccc(C(=O)O)c1. The van der Waals surface area contributed by atoms with Crippen LogP contribution in [-0.4, -0.2) is 30.1 Å². The summed E-state index contributed by atoms with van der Waals surface area (Å²) >= 11 is 0. The van der Waals surface area contributed by atoms with Crippen molar-refractivity contribution in [2.75, 3.05) is 13.1 Å². The lowest BCUT2D eigenvalue weighted by molar-refractivity contribution is -0.125. The molecule has 1 aromatic carbocycles. The predicted octanol–water partition coefficient (Wildman–Crippen LogP) is 1.42. The molecule has 1 amide bonds. The van der Waals surface area contributed by atoms with E-state index in [0.29, 0.717) is 25.4 Å². The molecular formula is C16H22N2O3. The summed E-state index contributed by atoms with van der Waals surface area (Å²) in [6, 6.07) is 6.81. The predicted molar refractivity (Wildman–Crippen MR) is 80.0 cm³/mol. The topological polar surface area (TPSA) is 92.4 Å². The molecule has 0 heterocycles. The number of nitrogens with one attached hydrogen (secondary N) is 1. The van der Waals surface area contributed by atoms with Gasteiger partial charge in [-0.3, -0.25) is 4.79 Å². The third-order valence-corrected chi connectivity index (χ3v) is 4.19. The van der Waals surface area contributed by atoms with Gasteiger partial charge in [0, 0.05) is 12.5 Å². The highest BCUT2D eigenvalue weighted by Crippen LogP contribution is 2.30. The Labute approximate surface area is 124 Å². The summed E-state index contributed by atoms with van der Waals surface area (Å²) in [7, 11) is 0. The maximum atomic E-state index is 12.1. The van der Waals surface area contributed by atoms with Gasteiger partial charge in [0.1, 0.15) is 0 Å². The van der Waals surface area contributed by atoms with Gasteiger partial charge < -0.3 is 16.2 Å². The van der Waals surface area contributed by atoms with Crippen LogP contribution >= 0.6 is 0 Å². The van der Waals surface area contributed by atoms with Crippen molar-refractivity contribution < 1.29 is 14.7 Å². The molecule has 1 aliphatic rings. The third-order valence-electron chi connectivity index (χ3n) is 4.19. The second-order valence-electron chi connectivity index (χ2n) is 5.58. The number of carbonyl (C=O) groups excluding carboxylic acids is 1. The van der Waals surface area contributed by atoms with Gasteiger partial charge in [-0.15, -0.1) is 0 Å². The standard InChI is InChI=1S/C16H22N2O3/c17-10-13-5-2-6-14(13)15(19)18-8-7-11-3-1-4-12(9-11)16(20)21/h1,3-4,9,13-14H,2,5-8,10,17H2,(H,18,19)(H,20,21). The van der Waals surface area contributed by atoms with E-state index in [9.17, 15) is 9.59 Å². The van der Waals surface area contributed by atoms with E-state index in [1.807, 2.05) is 6.07 Å². The fourth-order valence-electron chi connectivity index (χ4n) is 2.99. The average molecular weight is 290 g/mol. The van der Waals surface area contributed by atoms with Gasteiger partial charge >= 0.3 is 5.97 Å². The van der Waals surface area contributed by atoms with Crippen molar-refractivity contribution in [3.63, 3.8) is 0 Å². The Morgan fingerprint density at radius 2 is 2.14 bits per heavy atom. The number of carboxylic acid groups (broad SMARTS) is 1. The van der Waals surface area contributed by atoms with Gasteiger partial charge in [0.25, 0.3) is 0 Å². The highest BCUT2D eigenvalue weighted by molar-refractivity contribution is 5.87. The number of benzene rings is 1. The molecule has 4 N–H and O–H groups in total. The lowest BCUT2D eigenvalue weighted by atomic mass is 9.95. The minimum atomic E-state index is -0.933. The second kappa shape index (κ2) is 7.22. The first-order chi connectivity index (χ1) is 10.1. The molecule has 1 aliphatic carbocycles. The summed E-state index contributed by atoms with van der Waals surface area (Å²) in [5.74, 6) is -0.504. The number of amides is 1. The summed E-state index contributed by atoms with van der Waals surface area (Å²) in [5.41, 5.74) is 6.88. The molecule has 2 unspecified atom stereocenters. The smallest absolute Gasteiger partial charge is 0.335 e. The van der Waals surface area contributed by atoms with Crippen LogP contribution in [0.4, 0.5) is 0 Å². The first-order valence-electron chi connectivity index (χ1n) is 7.42. The molecule has 21 heavy (non-hydrogen) atoms. The summed E-state index contributed by atoms with van der Waals surface area (Å²) in [6.45, 7) is 1.09. The zero-order valence-electron chi connectivity index (χ0n) is 12.0. The lowest BCUT2D eigenvalue weighted by Crippen LogP contribution is -2.36. The Kier molecular flexibility index (Phi) is 5.33. The quantitative estimate of drug-likeness (QED) is 0.738. The summed E-state index contributed by atoms with van der Waals surface area (Å²) in [6.07, 6.45) is 3.66. The van der Waals surface area contributed by atoms with E-state index in [1.165, 1.54) is 0 Å². The van der Waals surface area contributed by atoms with Crippen LogP contribution in [0.5, 0.6) is 0 Å². The maximum absolute atomic E-state index is 12.1. The van der Waals surface area contributed by atoms with E-state index in [1.54, 1.807) is 18.2 Å². The molecule has 5 heteroatoms. The number of hydrogen-bond donors (Lipinski definition) is 3. The van der Waals surface area contributed by atoms with Crippen LogP contribution in [0.2, 0.25) is 0 Å². The largest absolute Gasteiger partial charge is 0.478 e. The molecule has 114 valence electrons. The number of hydrogen-bond acceptors (Lipinski definition) is 3. The van der Waals surface area contributed by atoms with Crippen LogP contribution in [0.15, 0.2) is 24.3 Å². The van der Waals surface area contributed by atoms with Gasteiger partial charge in [0.2, 0.25) is 5.91 Å². The van der Waals surface area contributed by atoms with E-state index in [-0.39, 0.29) is 17.4 Å². The zero-order chi connectivity index (χ0) is 15.2. The average Bonchev–Trinajstić information content (AvgIpc) is 2.96. The molecule has 0 aromatic heterocycles. The molecule has 2 rings (SSSR count). The van der Waals surface area contributed by atoms with Crippen LogP contribution in [0.25, 0.3) is 0 Å². The number of carboxylic acids is 1. The van der Waals surface area contributed by atoms with E-state index in [2.05, 4.69) is 5.32 Å². The summed E-state index contributed by atoms with van der Waals surface area (Å²) in [5, 5.41) is 11.9. The fraction of sp³-hybridized carbons (Fsp3) is 0.500. The van der Waals surface area contributed by atoms with Gasteiger partial charge in [-0.25, -0.2) is 4.79 Å². The van der Waals surface area contributed by atoms with Crippen molar-refractivity contribution >= 4 is 11.9 Å². The molecule has 0 bridgehead atoms. The zero-order valence-corrected chi connectivity index (χ0v) is 12.0. The number of aromatic carboxylic acids is 1. The Morgan fingerprint density at radius 3 is 2.86 bits per heavy atom. The monoisotopic (exact) mass is 290 g/mol. The van der Waals surface area contributed by atoms with Crippen molar-refractivity contribution in [1.82, 2.24) is 5.32 Å². The first kappa shape index (κ1) is 15.5. The summed E-state index contributed by atoms with van der Waals surface area (Å²) < 4.78 is 0. The minimum absolute atomic E-state index is 0.0420. The highest BCUT2D eigenvalue weighted by Gasteiger charge is 2.31. The minimum Gasteiger partial charge on any atom is -0.478 e. The van der Waals surface area contributed by atoms with Gasteiger partial charge in [0.15, 0.2) is 0 Å². The Morgan fingerprint density at radius 1 is 1.33 bits per heavy atom. The van der Waals surface area contributed by atoms with Crippen LogP contribution in [0.1, 0.15) is 35.2 Å². The summed E-state index contributed by atoms with van der Waals surface area (Å²) in [4.78, 5) is 23.0. The second-order valence-corrected chi connectivity index (χ2v) is 5.58. The van der Waals surface area contributed by atoms with E-state index >= 15 is 0 Å². The van der Waals surface area contributed by atoms with Crippen LogP contribution < -0.4 is 11.1 Å². The Hall–Kier alpha value is -1.88. The molecule has 2 atom stereocenters. The van der Waals surface area contributed by atoms with Gasteiger partial charge in [-0.1, -0.05) is 18.6 Å². The molecule has 0 saturated heterocycles. The van der Waals surface area contributed by atoms with Crippen molar-refractivity contribution in [2.45, 2.75) is 25.7 Å². The Balaban J connectivity index is 1.82. The molecule has 1 aromatic rings. The molecule has 0 spiro atoms. The third kappa shape index (κ3) is 4.04. The van der Waals surface area contributed by atoms with Crippen molar-refractivity contribution in [2.24, 2.45) is 17.6 Å². The van der Waals surface area contributed by atoms with Gasteiger partial charge in [0.05, 0.1) is 5.56 Å². The lowest BCUT2D eigenvalue weighted by Gasteiger charge is -2.17. The molecule has 5 nitrogen and oxygen atoms in total. The molecule has 1 saturated carbocycles. The fourth-order valence-corrected chi connectivity index (χ4v) is 2.99. The van der Waals surface area contributed by atoms with Crippen molar-refractivity contribution in [3.8, 4) is 0 Å².